The Hall–Kier alpha value is 0.740. The molecule has 6 heteroatoms. The maximum Gasteiger partial charge on any atom is 0.692 e. The second-order valence-corrected chi connectivity index (χ2v) is 7.34. The molecule has 0 rings (SSSR count). The van der Waals surface area contributed by atoms with E-state index in [1.165, 1.54) is 38.5 Å². The second-order valence-electron chi connectivity index (χ2n) is 4.16. The summed E-state index contributed by atoms with van der Waals surface area (Å²) in [4.78, 5) is 14.2. The van der Waals surface area contributed by atoms with E-state index in [-0.39, 0.29) is 12.4 Å². The van der Waals surface area contributed by atoms with Crippen LogP contribution < -0.4 is 0 Å². The van der Waals surface area contributed by atoms with Crippen LogP contribution in [0.3, 0.4) is 0 Å². The summed E-state index contributed by atoms with van der Waals surface area (Å²) in [6.45, 7) is 6.94. The average molecular weight is 320 g/mol. The van der Waals surface area contributed by atoms with Crippen LogP contribution >= 0.6 is 28.6 Å². The van der Waals surface area contributed by atoms with Crippen molar-refractivity contribution in [3.05, 3.63) is 0 Å². The summed E-state index contributed by atoms with van der Waals surface area (Å²) in [6.07, 6.45) is 13.2. The highest BCUT2D eigenvalue weighted by Crippen LogP contribution is 2.38. The molecule has 2 N–H and O–H groups in total. The van der Waals surface area contributed by atoms with Gasteiger partial charge in [-0.3, -0.25) is 0 Å². The standard InChI is InChI=1S/C12H27P.ClH.HO3P/c1-4-7-10-13(11-8-5-2)12-9-6-3;;1-4(2)3/h4-12H2,1-3H3;1H;(H-,1,2,3)/p+1. The number of hydrogen-bond acceptors (Lipinski definition) is 1. The summed E-state index contributed by atoms with van der Waals surface area (Å²) in [5.74, 6) is 0. The summed E-state index contributed by atoms with van der Waals surface area (Å²) in [5, 5.41) is 0. The molecule has 0 heterocycles. The zero-order valence-corrected chi connectivity index (χ0v) is 14.6. The van der Waals surface area contributed by atoms with Gasteiger partial charge in [0, 0.05) is 4.57 Å². The molecule has 0 aromatic rings. The third-order valence-electron chi connectivity index (χ3n) is 2.48. The van der Waals surface area contributed by atoms with Gasteiger partial charge in [-0.15, -0.1) is 30.1 Å². The number of halogens is 1. The average Bonchev–Trinajstić information content (AvgIpc) is 2.27. The molecule has 0 bridgehead atoms. The minimum Gasteiger partial charge on any atom is -0.147 e. The first kappa shape index (κ1) is 23.8. The van der Waals surface area contributed by atoms with Gasteiger partial charge in [0.2, 0.25) is 0 Å². The van der Waals surface area contributed by atoms with Crippen LogP contribution in [-0.4, -0.2) is 28.3 Å². The van der Waals surface area contributed by atoms with Gasteiger partial charge in [0.15, 0.2) is 0 Å². The number of rotatable bonds is 9. The van der Waals surface area contributed by atoms with E-state index >= 15 is 0 Å². The minimum absolute atomic E-state index is 0. The summed E-state index contributed by atoms with van der Waals surface area (Å²) < 4.78 is 8.70. The van der Waals surface area contributed by atoms with Gasteiger partial charge >= 0.3 is 8.25 Å². The molecule has 0 fully saturated rings. The Morgan fingerprint density at radius 3 is 1.22 bits per heavy atom. The van der Waals surface area contributed by atoms with E-state index in [0.717, 1.165) is 0 Å². The van der Waals surface area contributed by atoms with Crippen molar-refractivity contribution in [2.45, 2.75) is 59.3 Å². The largest absolute Gasteiger partial charge is 0.692 e. The SMILES string of the molecule is CCCCP(CCCC)CCCC.Cl.O=[P+](O)O. The number of unbranched alkanes of at least 4 members (excludes halogenated alkanes) is 3. The molecule has 0 amide bonds. The van der Waals surface area contributed by atoms with Crippen LogP contribution in [0.15, 0.2) is 0 Å². The van der Waals surface area contributed by atoms with Gasteiger partial charge in [0.1, 0.15) is 0 Å². The molecule has 112 valence electrons. The summed E-state index contributed by atoms with van der Waals surface area (Å²) in [6, 6.07) is 0. The number of hydrogen-bond donors (Lipinski definition) is 2. The normalized spacial score (nSPS) is 9.44. The van der Waals surface area contributed by atoms with Gasteiger partial charge in [0.05, 0.1) is 0 Å². The molecule has 0 aromatic heterocycles. The minimum atomic E-state index is -2.87. The van der Waals surface area contributed by atoms with Crippen LogP contribution in [0.4, 0.5) is 0 Å². The third-order valence-corrected chi connectivity index (χ3v) is 5.33. The maximum atomic E-state index is 8.70. The Morgan fingerprint density at radius 2 is 1.06 bits per heavy atom. The smallest absolute Gasteiger partial charge is 0.147 e. The highest BCUT2D eigenvalue weighted by atomic mass is 35.5. The van der Waals surface area contributed by atoms with Crippen molar-refractivity contribution in [1.82, 2.24) is 0 Å². The molecular formula is C12H30ClO3P2+. The molecule has 0 aliphatic heterocycles. The van der Waals surface area contributed by atoms with Crippen LogP contribution in [0.2, 0.25) is 0 Å². The highest BCUT2D eigenvalue weighted by molar-refractivity contribution is 7.57. The topological polar surface area (TPSA) is 57.5 Å². The van der Waals surface area contributed by atoms with Crippen molar-refractivity contribution >= 4 is 28.6 Å². The molecule has 0 saturated heterocycles. The van der Waals surface area contributed by atoms with Gasteiger partial charge < -0.3 is 0 Å². The zero-order chi connectivity index (χ0) is 13.5. The van der Waals surface area contributed by atoms with Crippen molar-refractivity contribution in [2.75, 3.05) is 18.5 Å². The predicted octanol–water partition coefficient (Wildman–Crippen LogP) is 4.92. The lowest BCUT2D eigenvalue weighted by Gasteiger charge is -2.16. The first-order valence-electron chi connectivity index (χ1n) is 6.65. The van der Waals surface area contributed by atoms with Gasteiger partial charge in [0.25, 0.3) is 0 Å². The molecule has 0 aliphatic carbocycles. The van der Waals surface area contributed by atoms with Crippen molar-refractivity contribution in [2.24, 2.45) is 0 Å². The van der Waals surface area contributed by atoms with Crippen molar-refractivity contribution < 1.29 is 14.4 Å². The highest BCUT2D eigenvalue weighted by Gasteiger charge is 2.05. The quantitative estimate of drug-likeness (QED) is 0.593. The van der Waals surface area contributed by atoms with Gasteiger partial charge in [-0.1, -0.05) is 40.0 Å². The fourth-order valence-electron chi connectivity index (χ4n) is 1.48. The van der Waals surface area contributed by atoms with Crippen molar-refractivity contribution in [3.63, 3.8) is 0 Å². The molecular weight excluding hydrogens is 290 g/mol. The van der Waals surface area contributed by atoms with Crippen LogP contribution in [0.5, 0.6) is 0 Å². The summed E-state index contributed by atoms with van der Waals surface area (Å²) >= 11 is 0. The molecule has 18 heavy (non-hydrogen) atoms. The van der Waals surface area contributed by atoms with E-state index in [9.17, 15) is 0 Å². The summed E-state index contributed by atoms with van der Waals surface area (Å²) in [7, 11) is -2.45. The van der Waals surface area contributed by atoms with E-state index in [1.54, 1.807) is 18.5 Å². The van der Waals surface area contributed by atoms with Crippen LogP contribution in [0.1, 0.15) is 59.3 Å². The predicted molar refractivity (Wildman–Crippen MR) is 85.5 cm³/mol. The Kier molecular flexibility index (Phi) is 26.5. The second kappa shape index (κ2) is 20.1. The van der Waals surface area contributed by atoms with Crippen LogP contribution in [0, 0.1) is 0 Å². The molecule has 0 spiro atoms. The maximum absolute atomic E-state index is 8.70. The van der Waals surface area contributed by atoms with E-state index < -0.39 is 8.25 Å². The van der Waals surface area contributed by atoms with Crippen molar-refractivity contribution in [3.8, 4) is 0 Å². The van der Waals surface area contributed by atoms with Gasteiger partial charge in [-0.2, -0.15) is 0 Å². The van der Waals surface area contributed by atoms with Gasteiger partial charge in [-0.25, -0.2) is 0 Å². The summed E-state index contributed by atoms with van der Waals surface area (Å²) in [5.41, 5.74) is 0. The molecule has 0 unspecified atom stereocenters. The van der Waals surface area contributed by atoms with Crippen molar-refractivity contribution in [1.29, 1.82) is 0 Å². The van der Waals surface area contributed by atoms with Crippen LogP contribution in [-0.2, 0) is 4.57 Å². The molecule has 0 atom stereocenters. The monoisotopic (exact) mass is 319 g/mol. The van der Waals surface area contributed by atoms with Gasteiger partial charge in [-0.05, 0) is 37.7 Å². The lowest BCUT2D eigenvalue weighted by molar-refractivity contribution is 0.405. The lowest BCUT2D eigenvalue weighted by Crippen LogP contribution is -1.95. The molecule has 0 saturated carbocycles. The first-order chi connectivity index (χ1) is 8.08. The molecule has 3 nitrogen and oxygen atoms in total. The third kappa shape index (κ3) is 25.6. The molecule has 0 aliphatic rings. The Balaban J connectivity index is -0.000000392. The Bertz CT molecular complexity index is 148. The lowest BCUT2D eigenvalue weighted by atomic mass is 10.4. The van der Waals surface area contributed by atoms with E-state index in [2.05, 4.69) is 20.8 Å². The molecule has 0 radical (unpaired) electrons. The van der Waals surface area contributed by atoms with E-state index in [0.29, 0.717) is 7.92 Å². The first-order valence-corrected chi connectivity index (χ1v) is 9.72. The molecule has 0 aromatic carbocycles. The Morgan fingerprint density at radius 1 is 0.833 bits per heavy atom. The fraction of sp³-hybridized carbons (Fsp3) is 1.00. The van der Waals surface area contributed by atoms with Crippen LogP contribution in [0.25, 0.3) is 0 Å². The Labute approximate surface area is 121 Å². The fourth-order valence-corrected chi connectivity index (χ4v) is 4.44. The zero-order valence-electron chi connectivity index (χ0n) is 12.0. The van der Waals surface area contributed by atoms with E-state index in [4.69, 9.17) is 14.4 Å². The van der Waals surface area contributed by atoms with E-state index in [1.807, 2.05) is 0 Å².